The molecule has 0 amide bonds. The molecule has 0 aliphatic carbocycles. The summed E-state index contributed by atoms with van der Waals surface area (Å²) in [6.07, 6.45) is 20.1. The molecule has 0 aromatic heterocycles. The highest BCUT2D eigenvalue weighted by molar-refractivity contribution is 5.78. The van der Waals surface area contributed by atoms with Gasteiger partial charge in [0.15, 0.2) is 0 Å². The van der Waals surface area contributed by atoms with Crippen LogP contribution >= 0.6 is 0 Å². The number of piperidine rings is 1. The Labute approximate surface area is 271 Å². The van der Waals surface area contributed by atoms with Crippen LogP contribution in [0.1, 0.15) is 63.1 Å². The predicted octanol–water partition coefficient (Wildman–Crippen LogP) is 8.02. The second-order valence-electron chi connectivity index (χ2n) is 12.3. The van der Waals surface area contributed by atoms with Crippen LogP contribution in [-0.2, 0) is 12.8 Å². The van der Waals surface area contributed by atoms with E-state index in [1.54, 1.807) is 0 Å². The molecule has 5 nitrogen and oxygen atoms in total. The Morgan fingerprint density at radius 2 is 1.69 bits per heavy atom. The van der Waals surface area contributed by atoms with Crippen LogP contribution in [-0.4, -0.2) is 44.8 Å². The molecule has 7 heteroatoms. The van der Waals surface area contributed by atoms with Gasteiger partial charge in [0.25, 0.3) is 0 Å². The van der Waals surface area contributed by atoms with E-state index in [-0.39, 0.29) is 6.17 Å². The van der Waals surface area contributed by atoms with Gasteiger partial charge in [-0.3, -0.25) is 0 Å². The van der Waals surface area contributed by atoms with Gasteiger partial charge < -0.3 is 26.2 Å². The molecule has 0 bridgehead atoms. The number of benzene rings is 2. The fourth-order valence-corrected chi connectivity index (χ4v) is 5.53. The van der Waals surface area contributed by atoms with Gasteiger partial charge in [0.1, 0.15) is 17.8 Å². The molecule has 0 spiro atoms. The van der Waals surface area contributed by atoms with Gasteiger partial charge >= 0.3 is 0 Å². The fraction of sp³-hybridized carbons (Fsp3) is 0.474. The zero-order valence-corrected chi connectivity index (χ0v) is 28.3. The SMILES string of the molecule is C#C.C=C/C(=C(\C=C/NC)NCC(C)CCc1cc(F)cc(F)c1)C1Nc2cc(C)c(CCC)cc2N1.CC1CCN(C)CC1. The Bertz CT molecular complexity index is 1260. The lowest BCUT2D eigenvalue weighted by molar-refractivity contribution is 0.230. The summed E-state index contributed by atoms with van der Waals surface area (Å²) in [6.45, 7) is 16.2. The molecule has 2 aliphatic rings. The third-order valence-corrected chi connectivity index (χ3v) is 8.35. The lowest BCUT2D eigenvalue weighted by Gasteiger charge is -2.26. The Kier molecular flexibility index (Phi) is 16.3. The summed E-state index contributed by atoms with van der Waals surface area (Å²) < 4.78 is 27.0. The zero-order valence-electron chi connectivity index (χ0n) is 28.3. The average molecular weight is 620 g/mol. The molecule has 2 aliphatic heterocycles. The van der Waals surface area contributed by atoms with Crippen molar-refractivity contribution in [2.24, 2.45) is 11.8 Å². The number of halogens is 2. The van der Waals surface area contributed by atoms with Crippen LogP contribution in [0.4, 0.5) is 20.2 Å². The van der Waals surface area contributed by atoms with Crippen molar-refractivity contribution in [3.8, 4) is 12.8 Å². The van der Waals surface area contributed by atoms with E-state index in [1.807, 2.05) is 25.4 Å². The molecule has 2 atom stereocenters. The van der Waals surface area contributed by atoms with Crippen molar-refractivity contribution in [3.63, 3.8) is 0 Å². The van der Waals surface area contributed by atoms with Crippen molar-refractivity contribution in [2.45, 2.75) is 72.4 Å². The molecule has 0 saturated carbocycles. The Morgan fingerprint density at radius 1 is 1.07 bits per heavy atom. The van der Waals surface area contributed by atoms with Gasteiger partial charge in [-0.1, -0.05) is 39.8 Å². The summed E-state index contributed by atoms with van der Waals surface area (Å²) >= 11 is 0. The number of rotatable bonds is 12. The van der Waals surface area contributed by atoms with Gasteiger partial charge in [0.05, 0.1) is 11.4 Å². The molecule has 4 rings (SSSR count). The van der Waals surface area contributed by atoms with Gasteiger partial charge in [-0.15, -0.1) is 12.8 Å². The topological polar surface area (TPSA) is 51.4 Å². The van der Waals surface area contributed by atoms with Crippen LogP contribution in [0.5, 0.6) is 0 Å². The van der Waals surface area contributed by atoms with Crippen LogP contribution in [0.15, 0.2) is 66.5 Å². The van der Waals surface area contributed by atoms with Crippen molar-refractivity contribution in [2.75, 3.05) is 44.4 Å². The lowest BCUT2D eigenvalue weighted by atomic mass is 10.00. The number of nitrogens with one attached hydrogen (secondary N) is 4. The number of anilines is 2. The van der Waals surface area contributed by atoms with Crippen LogP contribution in [0.3, 0.4) is 0 Å². The molecule has 2 heterocycles. The Balaban J connectivity index is 0.000000604. The van der Waals surface area contributed by atoms with Crippen LogP contribution in [0, 0.1) is 43.2 Å². The maximum absolute atomic E-state index is 13.5. The largest absolute Gasteiger partial charge is 0.394 e. The minimum atomic E-state index is -0.529. The van der Waals surface area contributed by atoms with Crippen molar-refractivity contribution >= 4 is 11.4 Å². The van der Waals surface area contributed by atoms with Gasteiger partial charge in [-0.25, -0.2) is 8.78 Å². The number of hydrogen-bond donors (Lipinski definition) is 4. The summed E-state index contributed by atoms with van der Waals surface area (Å²) in [5, 5.41) is 13.8. The van der Waals surface area contributed by atoms with E-state index < -0.39 is 11.6 Å². The van der Waals surface area contributed by atoms with Crippen LogP contribution in [0.2, 0.25) is 0 Å². The van der Waals surface area contributed by atoms with Crippen LogP contribution < -0.4 is 21.3 Å². The smallest absolute Gasteiger partial charge is 0.126 e. The zero-order chi connectivity index (χ0) is 33.4. The van der Waals surface area contributed by atoms with Gasteiger partial charge in [0.2, 0.25) is 0 Å². The molecule has 0 radical (unpaired) electrons. The van der Waals surface area contributed by atoms with Gasteiger partial charge in [-0.05, 0) is 124 Å². The molecule has 1 saturated heterocycles. The van der Waals surface area contributed by atoms with E-state index in [0.29, 0.717) is 17.9 Å². The third kappa shape index (κ3) is 12.3. The summed E-state index contributed by atoms with van der Waals surface area (Å²) in [4.78, 5) is 2.40. The predicted molar refractivity (Wildman–Crippen MR) is 189 cm³/mol. The number of likely N-dealkylation sites (tertiary alicyclic amines) is 1. The summed E-state index contributed by atoms with van der Waals surface area (Å²) in [6, 6.07) is 8.18. The van der Waals surface area contributed by atoms with Gasteiger partial charge in [-0.2, -0.15) is 0 Å². The highest BCUT2D eigenvalue weighted by Crippen LogP contribution is 2.35. The second kappa shape index (κ2) is 19.6. The van der Waals surface area contributed by atoms with Crippen molar-refractivity contribution < 1.29 is 8.78 Å². The van der Waals surface area contributed by atoms with E-state index in [9.17, 15) is 8.78 Å². The number of nitrogens with zero attached hydrogens (tertiary/aromatic N) is 1. The standard InChI is InChI=1S/C29H38F2N4.C7H15N.C2H2/c1-6-8-22-16-28-27(13-20(22)4)34-29(35-28)25(7-2)26(11-12-32-5)33-18-19(3)9-10-21-14-23(30)17-24(31)15-21;1-7-3-5-8(2)6-4-7;1-2/h7,11-17,19,29,32-35H,2,6,8-10,18H2,1,3-5H3;7H,3-6H2,1-2H3;1-2H/b12-11-,26-25-;;. The van der Waals surface area contributed by atoms with E-state index in [4.69, 9.17) is 0 Å². The molecule has 2 unspecified atom stereocenters. The van der Waals surface area contributed by atoms with E-state index >= 15 is 0 Å². The highest BCUT2D eigenvalue weighted by atomic mass is 19.1. The van der Waals surface area contributed by atoms with Crippen LogP contribution in [0.25, 0.3) is 0 Å². The molecular formula is C38H55F2N5. The number of fused-ring (bicyclic) bond motifs is 1. The first kappa shape index (κ1) is 37.4. The Hall–Kier alpha value is -3.76. The maximum atomic E-state index is 13.5. The van der Waals surface area contributed by atoms with Gasteiger partial charge in [0, 0.05) is 30.9 Å². The molecule has 1 fully saturated rings. The number of allylic oxidation sites excluding steroid dienone is 1. The monoisotopic (exact) mass is 619 g/mol. The minimum absolute atomic E-state index is 0.103. The van der Waals surface area contributed by atoms with E-state index in [2.05, 4.69) is 92.5 Å². The number of terminal acetylenes is 1. The van der Waals surface area contributed by atoms with Crippen molar-refractivity contribution in [1.29, 1.82) is 0 Å². The second-order valence-corrected chi connectivity index (χ2v) is 12.3. The molecule has 2 aromatic carbocycles. The normalized spacial score (nSPS) is 17.3. The minimum Gasteiger partial charge on any atom is -0.394 e. The van der Waals surface area contributed by atoms with E-state index in [0.717, 1.165) is 60.4 Å². The summed E-state index contributed by atoms with van der Waals surface area (Å²) in [5.41, 5.74) is 7.52. The maximum Gasteiger partial charge on any atom is 0.126 e. The number of aryl methyl sites for hydroxylation is 3. The fourth-order valence-electron chi connectivity index (χ4n) is 5.53. The molecular weight excluding hydrogens is 564 g/mol. The summed E-state index contributed by atoms with van der Waals surface area (Å²) in [7, 11) is 4.06. The first-order valence-electron chi connectivity index (χ1n) is 16.2. The molecule has 45 heavy (non-hydrogen) atoms. The molecule has 246 valence electrons. The van der Waals surface area contributed by atoms with Crippen molar-refractivity contribution in [1.82, 2.24) is 15.5 Å². The quantitative estimate of drug-likeness (QED) is 0.143. The molecule has 2 aromatic rings. The first-order chi connectivity index (χ1) is 21.6. The highest BCUT2D eigenvalue weighted by Gasteiger charge is 2.24. The lowest BCUT2D eigenvalue weighted by Crippen LogP contribution is -2.29. The summed E-state index contributed by atoms with van der Waals surface area (Å²) in [5.74, 6) is 0.217. The average Bonchev–Trinajstić information content (AvgIpc) is 3.42. The van der Waals surface area contributed by atoms with E-state index in [1.165, 1.54) is 49.2 Å². The number of hydrogen-bond acceptors (Lipinski definition) is 5. The molecule has 4 N–H and O–H groups in total. The Morgan fingerprint density at radius 3 is 2.24 bits per heavy atom. The third-order valence-electron chi connectivity index (χ3n) is 8.35. The first-order valence-corrected chi connectivity index (χ1v) is 16.2. The van der Waals surface area contributed by atoms with Crippen molar-refractivity contribution in [3.05, 3.63) is 94.9 Å².